The van der Waals surface area contributed by atoms with E-state index in [9.17, 15) is 13.2 Å². The number of aryl methyl sites for hydroxylation is 1. The molecule has 0 aliphatic heterocycles. The normalized spacial score (nSPS) is 17.2. The van der Waals surface area contributed by atoms with Gasteiger partial charge in [0.15, 0.2) is 0 Å². The van der Waals surface area contributed by atoms with Gasteiger partial charge >= 0.3 is 5.97 Å². The fraction of sp³-hybridized carbons (Fsp3) is 0.417. The Morgan fingerprint density at radius 1 is 1.47 bits per heavy atom. The summed E-state index contributed by atoms with van der Waals surface area (Å²) in [6, 6.07) is 3.78. The molecule has 0 spiro atoms. The Bertz CT molecular complexity index is 610. The van der Waals surface area contributed by atoms with Crippen molar-refractivity contribution in [2.45, 2.75) is 30.7 Å². The molecule has 19 heavy (non-hydrogen) atoms. The van der Waals surface area contributed by atoms with E-state index in [1.165, 1.54) is 6.07 Å². The largest absolute Gasteiger partial charge is 0.480 e. The van der Waals surface area contributed by atoms with Crippen molar-refractivity contribution in [1.29, 1.82) is 0 Å². The predicted molar refractivity (Wildman–Crippen MR) is 73.3 cm³/mol. The fourth-order valence-electron chi connectivity index (χ4n) is 1.83. The number of halogens is 1. The molecule has 1 saturated carbocycles. The van der Waals surface area contributed by atoms with Crippen molar-refractivity contribution in [3.8, 4) is 0 Å². The van der Waals surface area contributed by atoms with Crippen LogP contribution in [0, 0.1) is 12.8 Å². The summed E-state index contributed by atoms with van der Waals surface area (Å²) in [6.45, 7) is 1.85. The van der Waals surface area contributed by atoms with Gasteiger partial charge in [0.2, 0.25) is 10.0 Å². The average Bonchev–Trinajstić information content (AvgIpc) is 3.08. The van der Waals surface area contributed by atoms with Crippen LogP contribution >= 0.6 is 15.9 Å². The Kier molecular flexibility index (Phi) is 3.98. The number of carboxylic acids is 1. The topological polar surface area (TPSA) is 83.5 Å². The van der Waals surface area contributed by atoms with E-state index in [1.807, 2.05) is 6.92 Å². The smallest absolute Gasteiger partial charge is 0.322 e. The molecule has 0 aromatic heterocycles. The van der Waals surface area contributed by atoms with Crippen molar-refractivity contribution >= 4 is 31.9 Å². The minimum atomic E-state index is -3.83. The highest BCUT2D eigenvalue weighted by molar-refractivity contribution is 9.10. The Hall–Kier alpha value is -0.920. The van der Waals surface area contributed by atoms with E-state index >= 15 is 0 Å². The maximum absolute atomic E-state index is 12.2. The first-order valence-electron chi connectivity index (χ1n) is 5.82. The Morgan fingerprint density at radius 2 is 2.11 bits per heavy atom. The van der Waals surface area contributed by atoms with Crippen molar-refractivity contribution in [2.75, 3.05) is 0 Å². The molecule has 1 fully saturated rings. The molecular weight excluding hydrogens is 334 g/mol. The lowest BCUT2D eigenvalue weighted by molar-refractivity contribution is -0.139. The molecule has 104 valence electrons. The standard InChI is InChI=1S/C12H14BrNO4S/c1-7-2-5-10(9(13)6-7)19(17,18)14-11(12(15)16)8-3-4-8/h2,5-6,8,11,14H,3-4H2,1H3,(H,15,16). The predicted octanol–water partition coefficient (Wildman–Crippen LogP) is 1.90. The van der Waals surface area contributed by atoms with Gasteiger partial charge in [0.25, 0.3) is 0 Å². The molecule has 0 bridgehead atoms. The molecule has 0 amide bonds. The zero-order chi connectivity index (χ0) is 14.2. The van der Waals surface area contributed by atoms with Gasteiger partial charge < -0.3 is 5.11 Å². The molecule has 1 unspecified atom stereocenters. The summed E-state index contributed by atoms with van der Waals surface area (Å²) in [4.78, 5) is 11.2. The highest BCUT2D eigenvalue weighted by atomic mass is 79.9. The third-order valence-electron chi connectivity index (χ3n) is 3.02. The van der Waals surface area contributed by atoms with Gasteiger partial charge in [0.05, 0.1) is 4.90 Å². The monoisotopic (exact) mass is 347 g/mol. The molecule has 0 saturated heterocycles. The van der Waals surface area contributed by atoms with Gasteiger partial charge in [-0.05, 0) is 59.3 Å². The van der Waals surface area contributed by atoms with Gasteiger partial charge in [0, 0.05) is 4.47 Å². The first-order valence-corrected chi connectivity index (χ1v) is 8.10. The summed E-state index contributed by atoms with van der Waals surface area (Å²) in [6.07, 6.45) is 1.49. The van der Waals surface area contributed by atoms with Crippen LogP contribution in [0.2, 0.25) is 0 Å². The second-order valence-electron chi connectivity index (χ2n) is 4.71. The number of rotatable bonds is 5. The molecule has 1 aliphatic carbocycles. The lowest BCUT2D eigenvalue weighted by atomic mass is 10.2. The van der Waals surface area contributed by atoms with Gasteiger partial charge in [-0.15, -0.1) is 0 Å². The van der Waals surface area contributed by atoms with E-state index in [0.29, 0.717) is 4.47 Å². The number of benzene rings is 1. The van der Waals surface area contributed by atoms with Crippen LogP contribution in [0.4, 0.5) is 0 Å². The van der Waals surface area contributed by atoms with Crippen LogP contribution in [-0.4, -0.2) is 25.5 Å². The van der Waals surface area contributed by atoms with E-state index in [0.717, 1.165) is 18.4 Å². The molecule has 1 aromatic rings. The van der Waals surface area contributed by atoms with Crippen molar-refractivity contribution < 1.29 is 18.3 Å². The van der Waals surface area contributed by atoms with Crippen LogP contribution in [0.1, 0.15) is 18.4 Å². The Labute approximate surface area is 120 Å². The number of hydrogen-bond donors (Lipinski definition) is 2. The Morgan fingerprint density at radius 3 is 2.58 bits per heavy atom. The molecule has 1 atom stereocenters. The second kappa shape index (κ2) is 5.22. The first kappa shape index (κ1) is 14.5. The van der Waals surface area contributed by atoms with Gasteiger partial charge in [-0.2, -0.15) is 4.72 Å². The van der Waals surface area contributed by atoms with Crippen LogP contribution in [0.15, 0.2) is 27.6 Å². The number of carbonyl (C=O) groups is 1. The van der Waals surface area contributed by atoms with Gasteiger partial charge in [-0.1, -0.05) is 6.07 Å². The van der Waals surface area contributed by atoms with Gasteiger partial charge in [-0.25, -0.2) is 8.42 Å². The van der Waals surface area contributed by atoms with Crippen molar-refractivity contribution in [3.63, 3.8) is 0 Å². The molecule has 0 heterocycles. The number of nitrogens with one attached hydrogen (secondary N) is 1. The molecule has 2 rings (SSSR count). The number of carboxylic acid groups (broad SMARTS) is 1. The van der Waals surface area contributed by atoms with Crippen molar-refractivity contribution in [3.05, 3.63) is 28.2 Å². The highest BCUT2D eigenvalue weighted by Crippen LogP contribution is 2.34. The molecule has 5 nitrogen and oxygen atoms in total. The number of aliphatic carboxylic acids is 1. The molecule has 1 aliphatic rings. The molecule has 2 N–H and O–H groups in total. The van der Waals surface area contributed by atoms with Crippen LogP contribution in [0.25, 0.3) is 0 Å². The lowest BCUT2D eigenvalue weighted by Crippen LogP contribution is -2.42. The van der Waals surface area contributed by atoms with Crippen molar-refractivity contribution in [1.82, 2.24) is 4.72 Å². The van der Waals surface area contributed by atoms with Crippen molar-refractivity contribution in [2.24, 2.45) is 5.92 Å². The van der Waals surface area contributed by atoms with Crippen LogP contribution in [-0.2, 0) is 14.8 Å². The molecule has 0 radical (unpaired) electrons. The van der Waals surface area contributed by atoms with E-state index < -0.39 is 22.0 Å². The zero-order valence-corrected chi connectivity index (χ0v) is 12.7. The van der Waals surface area contributed by atoms with Crippen LogP contribution < -0.4 is 4.72 Å². The average molecular weight is 348 g/mol. The highest BCUT2D eigenvalue weighted by Gasteiger charge is 2.39. The summed E-state index contributed by atoms with van der Waals surface area (Å²) in [7, 11) is -3.83. The maximum Gasteiger partial charge on any atom is 0.322 e. The summed E-state index contributed by atoms with van der Waals surface area (Å²) < 4.78 is 27.1. The molecule has 7 heteroatoms. The molecular formula is C12H14BrNO4S. The number of sulfonamides is 1. The zero-order valence-electron chi connectivity index (χ0n) is 10.3. The second-order valence-corrected chi connectivity index (χ2v) is 7.25. The van der Waals surface area contributed by atoms with Crippen LogP contribution in [0.3, 0.4) is 0 Å². The SMILES string of the molecule is Cc1ccc(S(=O)(=O)NC(C(=O)O)C2CC2)c(Br)c1. The quantitative estimate of drug-likeness (QED) is 0.851. The number of hydrogen-bond acceptors (Lipinski definition) is 3. The summed E-state index contributed by atoms with van der Waals surface area (Å²) in [5.74, 6) is -1.23. The summed E-state index contributed by atoms with van der Waals surface area (Å²) >= 11 is 3.20. The van der Waals surface area contributed by atoms with E-state index in [4.69, 9.17) is 5.11 Å². The minimum absolute atomic E-state index is 0.0602. The summed E-state index contributed by atoms with van der Waals surface area (Å²) in [5.41, 5.74) is 0.919. The van der Waals surface area contributed by atoms with E-state index in [2.05, 4.69) is 20.7 Å². The minimum Gasteiger partial charge on any atom is -0.480 e. The Balaban J connectivity index is 2.29. The maximum atomic E-state index is 12.2. The molecule has 1 aromatic carbocycles. The summed E-state index contributed by atoms with van der Waals surface area (Å²) in [5, 5.41) is 9.07. The van der Waals surface area contributed by atoms with E-state index in [-0.39, 0.29) is 10.8 Å². The van der Waals surface area contributed by atoms with Crippen LogP contribution in [0.5, 0.6) is 0 Å². The first-order chi connectivity index (χ1) is 8.81. The van der Waals surface area contributed by atoms with Gasteiger partial charge in [-0.3, -0.25) is 4.79 Å². The van der Waals surface area contributed by atoms with E-state index in [1.54, 1.807) is 12.1 Å². The van der Waals surface area contributed by atoms with Gasteiger partial charge in [0.1, 0.15) is 6.04 Å². The lowest BCUT2D eigenvalue weighted by Gasteiger charge is -2.15. The third-order valence-corrected chi connectivity index (χ3v) is 5.44. The third kappa shape index (κ3) is 3.34. The fourth-order valence-corrected chi connectivity index (χ4v) is 4.28.